The van der Waals surface area contributed by atoms with Crippen LogP contribution in [-0.4, -0.2) is 47.0 Å². The highest BCUT2D eigenvalue weighted by Crippen LogP contribution is 2.49. The average Bonchev–Trinajstić information content (AvgIpc) is 2.88. The number of aryl methyl sites for hydroxylation is 1. The molecule has 0 amide bonds. The molecule has 1 unspecified atom stereocenters. The molecule has 202 valence electrons. The number of benzene rings is 1. The van der Waals surface area contributed by atoms with Crippen LogP contribution < -0.4 is 9.47 Å². The van der Waals surface area contributed by atoms with Gasteiger partial charge in [0.15, 0.2) is 0 Å². The van der Waals surface area contributed by atoms with Gasteiger partial charge < -0.3 is 14.4 Å². The van der Waals surface area contributed by atoms with Crippen molar-refractivity contribution in [2.24, 2.45) is 5.92 Å². The number of carbonyl (C=O) groups excluding carboxylic acids is 1. The fourth-order valence-electron chi connectivity index (χ4n) is 5.41. The average molecular weight is 525 g/mol. The van der Waals surface area contributed by atoms with E-state index in [9.17, 15) is 4.79 Å². The zero-order valence-electron chi connectivity index (χ0n) is 23.2. The van der Waals surface area contributed by atoms with Gasteiger partial charge in [-0.05, 0) is 69.3 Å². The van der Waals surface area contributed by atoms with Crippen LogP contribution in [0.15, 0.2) is 30.6 Å². The third-order valence-electron chi connectivity index (χ3n) is 7.64. The molecule has 0 aliphatic carbocycles. The Hall–Kier alpha value is -2.05. The highest BCUT2D eigenvalue weighted by molar-refractivity contribution is 7.99. The van der Waals surface area contributed by atoms with Crippen molar-refractivity contribution in [1.82, 2.24) is 9.88 Å². The van der Waals surface area contributed by atoms with Crippen molar-refractivity contribution in [3.8, 4) is 22.6 Å². The molecule has 0 saturated carbocycles. The smallest absolute Gasteiger partial charge is 0.311 e. The number of hydrogen-bond donors (Lipinski definition) is 0. The van der Waals surface area contributed by atoms with Crippen LogP contribution >= 0.6 is 11.8 Å². The van der Waals surface area contributed by atoms with Crippen LogP contribution in [0.1, 0.15) is 83.8 Å². The first-order valence-electron chi connectivity index (χ1n) is 14.2. The molecule has 1 saturated heterocycles. The third-order valence-corrected chi connectivity index (χ3v) is 8.58. The van der Waals surface area contributed by atoms with E-state index in [1.54, 1.807) is 6.20 Å². The summed E-state index contributed by atoms with van der Waals surface area (Å²) in [4.78, 5) is 19.9. The summed E-state index contributed by atoms with van der Waals surface area (Å²) in [5.74, 6) is 4.26. The van der Waals surface area contributed by atoms with E-state index >= 15 is 0 Å². The molecular weight excluding hydrogens is 480 g/mol. The Labute approximate surface area is 227 Å². The number of thioether (sulfide) groups is 1. The Morgan fingerprint density at radius 3 is 2.78 bits per heavy atom. The number of nitrogens with zero attached hydrogens (tertiary/aromatic N) is 2. The number of unbranched alkanes of at least 4 members (excludes halogenated alkanes) is 2. The molecule has 2 aliphatic heterocycles. The highest BCUT2D eigenvalue weighted by Gasteiger charge is 2.35. The predicted molar refractivity (Wildman–Crippen MR) is 154 cm³/mol. The van der Waals surface area contributed by atoms with E-state index in [1.165, 1.54) is 37.2 Å². The summed E-state index contributed by atoms with van der Waals surface area (Å²) in [6, 6.07) is 6.22. The number of carbonyl (C=O) groups is 1. The van der Waals surface area contributed by atoms with Gasteiger partial charge in [0.25, 0.3) is 0 Å². The van der Waals surface area contributed by atoms with Gasteiger partial charge in [-0.25, -0.2) is 0 Å². The minimum absolute atomic E-state index is 0.172. The molecule has 0 radical (unpaired) electrons. The molecule has 2 aromatic rings. The number of pyridine rings is 1. The lowest BCUT2D eigenvalue weighted by Gasteiger charge is -2.35. The Morgan fingerprint density at radius 2 is 2.00 bits per heavy atom. The summed E-state index contributed by atoms with van der Waals surface area (Å²) in [7, 11) is 0. The Morgan fingerprint density at radius 1 is 1.19 bits per heavy atom. The first kappa shape index (κ1) is 28.0. The number of hydrogen-bond acceptors (Lipinski definition) is 6. The molecule has 37 heavy (non-hydrogen) atoms. The van der Waals surface area contributed by atoms with Gasteiger partial charge in [-0.1, -0.05) is 39.5 Å². The molecule has 1 aromatic carbocycles. The van der Waals surface area contributed by atoms with Crippen LogP contribution in [0.25, 0.3) is 11.1 Å². The zero-order chi connectivity index (χ0) is 26.3. The van der Waals surface area contributed by atoms with Crippen LogP contribution in [0.4, 0.5) is 0 Å². The van der Waals surface area contributed by atoms with E-state index in [1.807, 2.05) is 24.0 Å². The Bertz CT molecular complexity index is 1050. The molecule has 0 N–H and O–H groups in total. The Balaban J connectivity index is 1.52. The number of esters is 1. The van der Waals surface area contributed by atoms with E-state index < -0.39 is 5.60 Å². The summed E-state index contributed by atoms with van der Waals surface area (Å²) in [6.07, 6.45) is 12.1. The monoisotopic (exact) mass is 524 g/mol. The summed E-state index contributed by atoms with van der Waals surface area (Å²) < 4.78 is 12.6. The molecule has 4 rings (SSSR count). The minimum atomic E-state index is -0.481. The fourth-order valence-corrected chi connectivity index (χ4v) is 6.39. The lowest BCUT2D eigenvalue weighted by atomic mass is 9.86. The normalized spacial score (nSPS) is 17.4. The second kappa shape index (κ2) is 13.1. The van der Waals surface area contributed by atoms with Crippen molar-refractivity contribution in [3.05, 3.63) is 41.7 Å². The maximum atomic E-state index is 13.0. The maximum absolute atomic E-state index is 13.0. The molecule has 5 nitrogen and oxygen atoms in total. The van der Waals surface area contributed by atoms with Crippen LogP contribution in [0.3, 0.4) is 0 Å². The number of aromatic nitrogens is 1. The van der Waals surface area contributed by atoms with Gasteiger partial charge in [-0.3, -0.25) is 9.78 Å². The van der Waals surface area contributed by atoms with Crippen LogP contribution in [0.2, 0.25) is 0 Å². The highest BCUT2D eigenvalue weighted by atomic mass is 32.2. The van der Waals surface area contributed by atoms with Crippen LogP contribution in [-0.2, 0) is 16.8 Å². The number of ether oxygens (including phenoxy) is 2. The zero-order valence-corrected chi connectivity index (χ0v) is 24.0. The summed E-state index contributed by atoms with van der Waals surface area (Å²) in [6.45, 7) is 11.9. The maximum Gasteiger partial charge on any atom is 0.311 e. The molecule has 3 heterocycles. The van der Waals surface area contributed by atoms with E-state index in [0.29, 0.717) is 18.1 Å². The molecule has 6 heteroatoms. The van der Waals surface area contributed by atoms with Crippen molar-refractivity contribution in [2.75, 3.05) is 31.1 Å². The first-order valence-corrected chi connectivity index (χ1v) is 15.3. The summed E-state index contributed by atoms with van der Waals surface area (Å²) in [5, 5.41) is 0. The lowest BCUT2D eigenvalue weighted by Crippen LogP contribution is -2.33. The van der Waals surface area contributed by atoms with Crippen molar-refractivity contribution < 1.29 is 14.3 Å². The van der Waals surface area contributed by atoms with Crippen LogP contribution in [0, 0.1) is 5.92 Å². The fraction of sp³-hybridized carbons (Fsp3) is 0.613. The SMILES string of the molecule is CCCCCC(C)CCc1cc(OC(=O)CCCN2CCSCC2)c2c(c1)OC(C)(C)c1ccncc1-2. The third kappa shape index (κ3) is 7.51. The number of fused-ring (bicyclic) bond motifs is 3. The van der Waals surface area contributed by atoms with E-state index in [-0.39, 0.29) is 5.97 Å². The Kier molecular flexibility index (Phi) is 9.94. The molecular formula is C31H44N2O3S. The van der Waals surface area contributed by atoms with Crippen molar-refractivity contribution >= 4 is 17.7 Å². The molecule has 1 aromatic heterocycles. The number of rotatable bonds is 12. The minimum Gasteiger partial charge on any atom is -0.482 e. The molecule has 1 atom stereocenters. The van der Waals surface area contributed by atoms with Gasteiger partial charge in [0.2, 0.25) is 0 Å². The molecule has 0 spiro atoms. The van der Waals surface area contributed by atoms with E-state index in [4.69, 9.17) is 9.47 Å². The lowest BCUT2D eigenvalue weighted by molar-refractivity contribution is -0.134. The largest absolute Gasteiger partial charge is 0.482 e. The van der Waals surface area contributed by atoms with Gasteiger partial charge in [-0.2, -0.15) is 11.8 Å². The molecule has 2 aliphatic rings. The van der Waals surface area contributed by atoms with E-state index in [2.05, 4.69) is 49.7 Å². The van der Waals surface area contributed by atoms with E-state index in [0.717, 1.165) is 66.9 Å². The van der Waals surface area contributed by atoms with Crippen molar-refractivity contribution in [2.45, 2.75) is 84.7 Å². The first-order chi connectivity index (χ1) is 17.9. The van der Waals surface area contributed by atoms with Gasteiger partial charge >= 0.3 is 5.97 Å². The second-order valence-electron chi connectivity index (χ2n) is 11.2. The quantitative estimate of drug-likeness (QED) is 0.165. The topological polar surface area (TPSA) is 51.7 Å². The second-order valence-corrected chi connectivity index (χ2v) is 12.4. The summed E-state index contributed by atoms with van der Waals surface area (Å²) >= 11 is 2.01. The van der Waals surface area contributed by atoms with Gasteiger partial charge in [0.05, 0.1) is 5.56 Å². The van der Waals surface area contributed by atoms with Crippen LogP contribution in [0.5, 0.6) is 11.5 Å². The van der Waals surface area contributed by atoms with Gasteiger partial charge in [0, 0.05) is 54.5 Å². The molecule has 0 bridgehead atoms. The van der Waals surface area contributed by atoms with Gasteiger partial charge in [-0.15, -0.1) is 0 Å². The van der Waals surface area contributed by atoms with Crippen molar-refractivity contribution in [1.29, 1.82) is 0 Å². The summed E-state index contributed by atoms with van der Waals surface area (Å²) in [5.41, 5.74) is 3.58. The van der Waals surface area contributed by atoms with Crippen molar-refractivity contribution in [3.63, 3.8) is 0 Å². The standard InChI is InChI=1S/C31H44N2O3S/c1-5-6-7-9-23(2)11-12-24-20-27(35-29(34)10-8-15-33-16-18-37-19-17-33)30-25-22-32-14-13-26(25)31(3,4)36-28(30)21-24/h13-14,20-23H,5-12,15-19H2,1-4H3. The van der Waals surface area contributed by atoms with Gasteiger partial charge in [0.1, 0.15) is 17.1 Å². The molecule has 1 fully saturated rings. The predicted octanol–water partition coefficient (Wildman–Crippen LogP) is 7.26.